The van der Waals surface area contributed by atoms with Crippen molar-refractivity contribution < 1.29 is 19.1 Å². The van der Waals surface area contributed by atoms with E-state index >= 15 is 0 Å². The van der Waals surface area contributed by atoms with Gasteiger partial charge in [0.15, 0.2) is 0 Å². The van der Waals surface area contributed by atoms with E-state index in [0.29, 0.717) is 12.3 Å². The van der Waals surface area contributed by atoms with Crippen LogP contribution in [0.2, 0.25) is 0 Å². The molecule has 2 unspecified atom stereocenters. The van der Waals surface area contributed by atoms with Crippen LogP contribution in [0.3, 0.4) is 0 Å². The molecule has 0 radical (unpaired) electrons. The van der Waals surface area contributed by atoms with E-state index < -0.39 is 18.3 Å². The Balaban J connectivity index is 2.20. The van der Waals surface area contributed by atoms with Gasteiger partial charge in [-0.1, -0.05) is 36.8 Å². The number of nitrogens with zero attached hydrogens (tertiary/aromatic N) is 1. The molecule has 0 aromatic heterocycles. The number of aryl methyl sites for hydroxylation is 1. The highest BCUT2D eigenvalue weighted by Gasteiger charge is 2.36. The summed E-state index contributed by atoms with van der Waals surface area (Å²) in [6, 6.07) is 7.27. The van der Waals surface area contributed by atoms with E-state index in [0.717, 1.165) is 11.1 Å². The third-order valence-electron chi connectivity index (χ3n) is 3.37. The van der Waals surface area contributed by atoms with Crippen LogP contribution in [0.25, 0.3) is 0 Å². The number of hydrogen-bond acceptors (Lipinski definition) is 5. The number of rotatable bonds is 4. The molecule has 2 rings (SSSR count). The molecule has 0 bridgehead atoms. The first-order valence-corrected chi connectivity index (χ1v) is 7.34. The third-order valence-corrected chi connectivity index (χ3v) is 3.37. The van der Waals surface area contributed by atoms with Crippen molar-refractivity contribution in [1.82, 2.24) is 5.32 Å². The molecule has 1 N–H and O–H groups in total. The lowest BCUT2D eigenvalue weighted by molar-refractivity contribution is -0.131. The molecule has 1 amide bonds. The molecule has 22 heavy (non-hydrogen) atoms. The standard InChI is InChI=1S/C16H20N2O4/c1-4-12-13(22-16(20)21-5-2)15(19)18-14(17-12)11-8-6-10(3)7-9-11/h6-9,12-13H,4-5H2,1-3H3,(H,17,18,19). The summed E-state index contributed by atoms with van der Waals surface area (Å²) in [5.41, 5.74) is 1.95. The molecule has 1 aliphatic rings. The molecule has 118 valence electrons. The molecule has 0 aliphatic carbocycles. The Morgan fingerprint density at radius 3 is 2.55 bits per heavy atom. The lowest BCUT2D eigenvalue weighted by Crippen LogP contribution is -2.51. The minimum atomic E-state index is -0.960. The molecule has 0 saturated carbocycles. The maximum Gasteiger partial charge on any atom is 0.509 e. The van der Waals surface area contributed by atoms with Crippen molar-refractivity contribution in [3.05, 3.63) is 35.4 Å². The molecule has 0 saturated heterocycles. The molecule has 1 aliphatic heterocycles. The SMILES string of the molecule is CCOC(=O)OC1C(=O)NC(c2ccc(C)cc2)=NC1CC. The minimum Gasteiger partial charge on any atom is -0.435 e. The highest BCUT2D eigenvalue weighted by molar-refractivity contribution is 6.11. The average Bonchev–Trinajstić information content (AvgIpc) is 2.50. The molecule has 1 aromatic rings. The summed E-state index contributed by atoms with van der Waals surface area (Å²) < 4.78 is 9.79. The van der Waals surface area contributed by atoms with Gasteiger partial charge in [0.25, 0.3) is 5.91 Å². The number of aliphatic imine (C=N–C) groups is 1. The number of amidine groups is 1. The summed E-state index contributed by atoms with van der Waals surface area (Å²) in [4.78, 5) is 28.2. The molecule has 6 nitrogen and oxygen atoms in total. The van der Waals surface area contributed by atoms with Gasteiger partial charge in [0.2, 0.25) is 6.10 Å². The number of ether oxygens (including phenoxy) is 2. The van der Waals surface area contributed by atoms with Crippen molar-refractivity contribution in [2.24, 2.45) is 4.99 Å². The zero-order chi connectivity index (χ0) is 16.1. The highest BCUT2D eigenvalue weighted by atomic mass is 16.7. The van der Waals surface area contributed by atoms with Crippen LogP contribution >= 0.6 is 0 Å². The van der Waals surface area contributed by atoms with Crippen LogP contribution in [-0.4, -0.2) is 36.7 Å². The lowest BCUT2D eigenvalue weighted by Gasteiger charge is -2.27. The number of amides is 1. The fraction of sp³-hybridized carbons (Fsp3) is 0.438. The van der Waals surface area contributed by atoms with E-state index in [1.807, 2.05) is 38.1 Å². The zero-order valence-corrected chi connectivity index (χ0v) is 13.0. The van der Waals surface area contributed by atoms with Crippen LogP contribution in [0.5, 0.6) is 0 Å². The van der Waals surface area contributed by atoms with Gasteiger partial charge in [0, 0.05) is 5.56 Å². The second kappa shape index (κ2) is 7.06. The van der Waals surface area contributed by atoms with Gasteiger partial charge in [0.05, 0.1) is 12.6 Å². The van der Waals surface area contributed by atoms with E-state index in [4.69, 9.17) is 9.47 Å². The van der Waals surface area contributed by atoms with Gasteiger partial charge in [-0.2, -0.15) is 0 Å². The Kier molecular flexibility index (Phi) is 5.14. The maximum absolute atomic E-state index is 12.2. The van der Waals surface area contributed by atoms with E-state index in [2.05, 4.69) is 10.3 Å². The van der Waals surface area contributed by atoms with Crippen LogP contribution in [0.1, 0.15) is 31.4 Å². The van der Waals surface area contributed by atoms with E-state index in [-0.39, 0.29) is 12.5 Å². The Morgan fingerprint density at radius 1 is 1.27 bits per heavy atom. The van der Waals surface area contributed by atoms with Crippen molar-refractivity contribution in [3.8, 4) is 0 Å². The maximum atomic E-state index is 12.2. The molecule has 2 atom stereocenters. The summed E-state index contributed by atoms with van der Waals surface area (Å²) in [5.74, 6) is 0.117. The van der Waals surface area contributed by atoms with Gasteiger partial charge in [-0.05, 0) is 20.3 Å². The molecule has 1 heterocycles. The number of hydrogen-bond donors (Lipinski definition) is 1. The van der Waals surface area contributed by atoms with Gasteiger partial charge in [-0.15, -0.1) is 0 Å². The monoisotopic (exact) mass is 304 g/mol. The topological polar surface area (TPSA) is 77.0 Å². The normalized spacial score (nSPS) is 20.9. The molecule has 0 fully saturated rings. The van der Waals surface area contributed by atoms with Gasteiger partial charge in [0.1, 0.15) is 5.84 Å². The smallest absolute Gasteiger partial charge is 0.435 e. The first-order chi connectivity index (χ1) is 10.5. The zero-order valence-electron chi connectivity index (χ0n) is 13.0. The van der Waals surface area contributed by atoms with Crippen molar-refractivity contribution in [3.63, 3.8) is 0 Å². The fourth-order valence-corrected chi connectivity index (χ4v) is 2.18. The van der Waals surface area contributed by atoms with E-state index in [1.165, 1.54) is 0 Å². The van der Waals surface area contributed by atoms with Crippen LogP contribution in [0.4, 0.5) is 4.79 Å². The second-order valence-corrected chi connectivity index (χ2v) is 5.03. The molecule has 6 heteroatoms. The molecule has 1 aromatic carbocycles. The van der Waals surface area contributed by atoms with E-state index in [9.17, 15) is 9.59 Å². The highest BCUT2D eigenvalue weighted by Crippen LogP contribution is 2.16. The predicted octanol–water partition coefficient (Wildman–Crippen LogP) is 2.19. The Labute approximate surface area is 129 Å². The molecular weight excluding hydrogens is 284 g/mol. The molecule has 0 spiro atoms. The summed E-state index contributed by atoms with van der Waals surface area (Å²) in [7, 11) is 0. The summed E-state index contributed by atoms with van der Waals surface area (Å²) in [6.45, 7) is 5.75. The quantitative estimate of drug-likeness (QED) is 0.865. The van der Waals surface area contributed by atoms with Gasteiger partial charge >= 0.3 is 6.16 Å². The Hall–Kier alpha value is -2.37. The summed E-state index contributed by atoms with van der Waals surface area (Å²) in [6.07, 6.45) is -1.24. The van der Waals surface area contributed by atoms with Crippen molar-refractivity contribution in [2.75, 3.05) is 6.61 Å². The Bertz CT molecular complexity index is 580. The van der Waals surface area contributed by atoms with E-state index in [1.54, 1.807) is 6.92 Å². The number of carbonyl (C=O) groups excluding carboxylic acids is 2. The van der Waals surface area contributed by atoms with Crippen molar-refractivity contribution in [1.29, 1.82) is 0 Å². The van der Waals surface area contributed by atoms with Gasteiger partial charge < -0.3 is 14.8 Å². The van der Waals surface area contributed by atoms with Gasteiger partial charge in [-0.25, -0.2) is 4.79 Å². The van der Waals surface area contributed by atoms with Crippen LogP contribution in [-0.2, 0) is 14.3 Å². The van der Waals surface area contributed by atoms with Crippen LogP contribution < -0.4 is 5.32 Å². The number of benzene rings is 1. The minimum absolute atomic E-state index is 0.196. The van der Waals surface area contributed by atoms with Crippen molar-refractivity contribution in [2.45, 2.75) is 39.3 Å². The fourth-order valence-electron chi connectivity index (χ4n) is 2.18. The third kappa shape index (κ3) is 3.63. The van der Waals surface area contributed by atoms with Crippen LogP contribution in [0, 0.1) is 6.92 Å². The first-order valence-electron chi connectivity index (χ1n) is 7.34. The number of carbonyl (C=O) groups is 2. The average molecular weight is 304 g/mol. The second-order valence-electron chi connectivity index (χ2n) is 5.03. The van der Waals surface area contributed by atoms with Crippen LogP contribution in [0.15, 0.2) is 29.3 Å². The predicted molar refractivity (Wildman–Crippen MR) is 81.8 cm³/mol. The number of nitrogens with one attached hydrogen (secondary N) is 1. The first kappa shape index (κ1) is 16.0. The van der Waals surface area contributed by atoms with Gasteiger partial charge in [-0.3, -0.25) is 9.79 Å². The summed E-state index contributed by atoms with van der Waals surface area (Å²) >= 11 is 0. The summed E-state index contributed by atoms with van der Waals surface area (Å²) in [5, 5.41) is 2.69. The van der Waals surface area contributed by atoms with Crippen molar-refractivity contribution >= 4 is 17.9 Å². The largest absolute Gasteiger partial charge is 0.509 e. The lowest BCUT2D eigenvalue weighted by atomic mass is 10.0. The molecular formula is C16H20N2O4. The Morgan fingerprint density at radius 2 is 1.95 bits per heavy atom.